The number of thiazole rings is 1. The number of nitrogens with zero attached hydrogens (tertiary/aromatic N) is 4. The lowest BCUT2D eigenvalue weighted by atomic mass is 10.0. The summed E-state index contributed by atoms with van der Waals surface area (Å²) in [7, 11) is 2.20. The molecule has 0 unspecified atom stereocenters. The van der Waals surface area contributed by atoms with Crippen LogP contribution in [0, 0.1) is 0 Å². The van der Waals surface area contributed by atoms with Crippen LogP contribution in [-0.2, 0) is 26.4 Å². The smallest absolute Gasteiger partial charge is 0.183 e. The van der Waals surface area contributed by atoms with E-state index in [0.29, 0.717) is 10.5 Å². The van der Waals surface area contributed by atoms with E-state index in [1.54, 1.807) is 11.3 Å². The van der Waals surface area contributed by atoms with E-state index in [-0.39, 0.29) is 0 Å². The topological polar surface area (TPSA) is 34.0 Å². The Morgan fingerprint density at radius 3 is 2.95 bits per heavy atom. The van der Waals surface area contributed by atoms with Gasteiger partial charge >= 0.3 is 0 Å². The molecule has 118 valence electrons. The molecule has 2 aromatic rings. The summed E-state index contributed by atoms with van der Waals surface area (Å²) in [5, 5.41) is 0. The predicted octanol–water partition coefficient (Wildman–Crippen LogP) is 3.75. The highest BCUT2D eigenvalue weighted by Gasteiger charge is 2.31. The van der Waals surface area contributed by atoms with E-state index in [1.165, 1.54) is 54.2 Å². The van der Waals surface area contributed by atoms with Crippen molar-refractivity contribution in [3.63, 3.8) is 0 Å². The molecule has 0 aromatic carbocycles. The van der Waals surface area contributed by atoms with Gasteiger partial charge < -0.3 is 4.57 Å². The van der Waals surface area contributed by atoms with Gasteiger partial charge in [0, 0.05) is 30.4 Å². The number of hydrogen-bond donors (Lipinski definition) is 0. The minimum absolute atomic E-state index is 0.441. The Labute approximate surface area is 140 Å². The molecular weight excluding hydrogens is 316 g/mol. The van der Waals surface area contributed by atoms with Gasteiger partial charge in [-0.3, -0.25) is 4.90 Å². The number of imidazole rings is 1. The summed E-state index contributed by atoms with van der Waals surface area (Å²) in [4.78, 5) is 13.0. The molecule has 0 saturated carbocycles. The van der Waals surface area contributed by atoms with Gasteiger partial charge in [-0.1, -0.05) is 11.6 Å². The van der Waals surface area contributed by atoms with Crippen molar-refractivity contribution >= 4 is 22.9 Å². The molecule has 4 rings (SSSR count). The van der Waals surface area contributed by atoms with E-state index in [4.69, 9.17) is 16.6 Å². The van der Waals surface area contributed by atoms with Crippen LogP contribution in [0.4, 0.5) is 0 Å². The van der Waals surface area contributed by atoms with Crippen LogP contribution in [-0.4, -0.2) is 26.0 Å². The largest absolute Gasteiger partial charge is 0.334 e. The van der Waals surface area contributed by atoms with Crippen LogP contribution >= 0.6 is 22.9 Å². The van der Waals surface area contributed by atoms with Crippen molar-refractivity contribution in [3.8, 4) is 0 Å². The quantitative estimate of drug-likeness (QED) is 0.856. The highest BCUT2D eigenvalue weighted by molar-refractivity contribution is 7.15. The molecule has 2 aromatic heterocycles. The first-order valence-electron chi connectivity index (χ1n) is 8.11. The van der Waals surface area contributed by atoms with Crippen LogP contribution in [0.3, 0.4) is 0 Å². The van der Waals surface area contributed by atoms with E-state index in [2.05, 4.69) is 21.5 Å². The van der Waals surface area contributed by atoms with Gasteiger partial charge in [-0.2, -0.15) is 0 Å². The van der Waals surface area contributed by atoms with Gasteiger partial charge in [-0.25, -0.2) is 9.97 Å². The van der Waals surface area contributed by atoms with E-state index >= 15 is 0 Å². The molecule has 1 fully saturated rings. The number of aromatic nitrogens is 3. The zero-order chi connectivity index (χ0) is 15.1. The highest BCUT2D eigenvalue weighted by Crippen LogP contribution is 2.35. The average Bonchev–Trinajstić information content (AvgIpc) is 3.21. The third-order valence-electron chi connectivity index (χ3n) is 4.95. The van der Waals surface area contributed by atoms with Crippen molar-refractivity contribution < 1.29 is 0 Å². The Morgan fingerprint density at radius 1 is 1.32 bits per heavy atom. The summed E-state index contributed by atoms with van der Waals surface area (Å²) < 4.78 is 3.01. The third-order valence-corrected chi connectivity index (χ3v) is 6.05. The lowest BCUT2D eigenvalue weighted by Gasteiger charge is -2.23. The molecule has 3 heterocycles. The minimum atomic E-state index is 0.441. The van der Waals surface area contributed by atoms with Crippen molar-refractivity contribution in [3.05, 3.63) is 32.8 Å². The monoisotopic (exact) mass is 336 g/mol. The lowest BCUT2D eigenvalue weighted by molar-refractivity contribution is 0.238. The van der Waals surface area contributed by atoms with E-state index in [0.717, 1.165) is 19.5 Å². The Morgan fingerprint density at radius 2 is 2.18 bits per heavy atom. The van der Waals surface area contributed by atoms with Crippen LogP contribution in [0.2, 0.25) is 4.47 Å². The van der Waals surface area contributed by atoms with E-state index in [1.807, 2.05) is 6.20 Å². The minimum Gasteiger partial charge on any atom is -0.334 e. The number of likely N-dealkylation sites (tertiary alicyclic amines) is 1. The Bertz CT molecular complexity index is 678. The van der Waals surface area contributed by atoms with Crippen LogP contribution in [0.25, 0.3) is 0 Å². The Kier molecular flexibility index (Phi) is 3.96. The van der Waals surface area contributed by atoms with Crippen LogP contribution in [0.15, 0.2) is 6.20 Å². The van der Waals surface area contributed by atoms with E-state index < -0.39 is 0 Å². The van der Waals surface area contributed by atoms with E-state index in [9.17, 15) is 0 Å². The van der Waals surface area contributed by atoms with Gasteiger partial charge in [0.05, 0.1) is 11.7 Å². The summed E-state index contributed by atoms with van der Waals surface area (Å²) in [5.74, 6) is 1.26. The molecule has 22 heavy (non-hydrogen) atoms. The molecular formula is C16H21ClN4S. The summed E-state index contributed by atoms with van der Waals surface area (Å²) in [6.45, 7) is 2.07. The molecule has 0 spiro atoms. The molecule has 6 heteroatoms. The van der Waals surface area contributed by atoms with Gasteiger partial charge in [-0.05, 0) is 45.1 Å². The van der Waals surface area contributed by atoms with Gasteiger partial charge in [0.15, 0.2) is 4.47 Å². The fourth-order valence-electron chi connectivity index (χ4n) is 3.87. The Hall–Kier alpha value is -0.910. The highest BCUT2D eigenvalue weighted by atomic mass is 35.5. The zero-order valence-corrected chi connectivity index (χ0v) is 14.5. The second-order valence-corrected chi connectivity index (χ2v) is 8.03. The fraction of sp³-hybridized carbons (Fsp3) is 0.625. The van der Waals surface area contributed by atoms with Crippen molar-refractivity contribution in [2.75, 3.05) is 6.54 Å². The van der Waals surface area contributed by atoms with Crippen molar-refractivity contribution in [1.82, 2.24) is 19.4 Å². The second kappa shape index (κ2) is 5.95. The maximum atomic E-state index is 5.97. The van der Waals surface area contributed by atoms with Gasteiger partial charge in [0.1, 0.15) is 5.82 Å². The molecule has 2 aliphatic rings. The molecule has 0 N–H and O–H groups in total. The molecule has 1 aliphatic carbocycles. The van der Waals surface area contributed by atoms with Crippen molar-refractivity contribution in [2.24, 2.45) is 7.05 Å². The maximum Gasteiger partial charge on any atom is 0.183 e. The normalized spacial score (nSPS) is 22.2. The third kappa shape index (κ3) is 2.59. The molecule has 0 bridgehead atoms. The number of halogens is 1. The first kappa shape index (κ1) is 14.7. The molecule has 0 amide bonds. The summed E-state index contributed by atoms with van der Waals surface area (Å²) in [5.41, 5.74) is 2.81. The van der Waals surface area contributed by atoms with Gasteiger partial charge in [0.2, 0.25) is 0 Å². The van der Waals surface area contributed by atoms with Crippen LogP contribution < -0.4 is 0 Å². The number of aryl methyl sites for hydroxylation is 1. The van der Waals surface area contributed by atoms with Crippen molar-refractivity contribution in [2.45, 2.75) is 51.1 Å². The molecule has 4 nitrogen and oxygen atoms in total. The average molecular weight is 337 g/mol. The fourth-order valence-corrected chi connectivity index (χ4v) is 4.87. The Balaban J connectivity index is 1.59. The van der Waals surface area contributed by atoms with Crippen LogP contribution in [0.1, 0.15) is 53.8 Å². The molecule has 1 saturated heterocycles. The number of hydrogen-bond acceptors (Lipinski definition) is 4. The van der Waals surface area contributed by atoms with Crippen molar-refractivity contribution in [1.29, 1.82) is 0 Å². The summed E-state index contributed by atoms with van der Waals surface area (Å²) >= 11 is 7.55. The zero-order valence-electron chi connectivity index (χ0n) is 12.9. The summed E-state index contributed by atoms with van der Waals surface area (Å²) in [6.07, 6.45) is 9.30. The number of fused-ring (bicyclic) bond motifs is 1. The van der Waals surface area contributed by atoms with Gasteiger partial charge in [0.25, 0.3) is 0 Å². The van der Waals surface area contributed by atoms with Crippen LogP contribution in [0.5, 0.6) is 0 Å². The predicted molar refractivity (Wildman–Crippen MR) is 89.4 cm³/mol. The SMILES string of the molecule is Cn1c([C@@H]2CCCN2Cc2cnc(Cl)s2)nc2c1CCCC2. The first-order chi connectivity index (χ1) is 10.7. The molecule has 0 radical (unpaired) electrons. The molecule has 1 atom stereocenters. The lowest BCUT2D eigenvalue weighted by Crippen LogP contribution is -2.24. The number of rotatable bonds is 3. The first-order valence-corrected chi connectivity index (χ1v) is 9.30. The van der Waals surface area contributed by atoms with Gasteiger partial charge in [-0.15, -0.1) is 11.3 Å². The standard InChI is InChI=1S/C16H21ClN4S/c1-20-13-6-3-2-5-12(13)19-15(20)14-7-4-8-21(14)10-11-9-18-16(17)22-11/h9,14H,2-8,10H2,1H3/t14-/m0/s1. The maximum absolute atomic E-state index is 5.97. The molecule has 1 aliphatic heterocycles. The summed E-state index contributed by atoms with van der Waals surface area (Å²) in [6, 6.07) is 0.441. The second-order valence-electron chi connectivity index (χ2n) is 6.34.